The van der Waals surface area contributed by atoms with Crippen LogP contribution in [0.4, 0.5) is 0 Å². The highest BCUT2D eigenvalue weighted by atomic mass is 16.5. The Labute approximate surface area is 120 Å². The van der Waals surface area contributed by atoms with Crippen molar-refractivity contribution in [3.63, 3.8) is 0 Å². The molecular formula is C15H24N2O3. The number of ether oxygens (including phenoxy) is 2. The smallest absolute Gasteiger partial charge is 0.138 e. The van der Waals surface area contributed by atoms with Crippen molar-refractivity contribution in [3.05, 3.63) is 24.0 Å². The van der Waals surface area contributed by atoms with Crippen molar-refractivity contribution in [2.45, 2.75) is 44.9 Å². The summed E-state index contributed by atoms with van der Waals surface area (Å²) in [6.07, 6.45) is 4.03. The van der Waals surface area contributed by atoms with E-state index in [0.717, 1.165) is 18.7 Å². The van der Waals surface area contributed by atoms with E-state index in [1.807, 2.05) is 19.9 Å². The number of rotatable bonds is 5. The summed E-state index contributed by atoms with van der Waals surface area (Å²) in [6.45, 7) is 7.93. The zero-order chi connectivity index (χ0) is 14.6. The summed E-state index contributed by atoms with van der Waals surface area (Å²) in [7, 11) is 0. The molecule has 5 heteroatoms. The SMILES string of the molecule is CC(C)Oc1cncc(C(C)(O)CC2COCCN2)c1. The van der Waals surface area contributed by atoms with Crippen molar-refractivity contribution in [2.24, 2.45) is 0 Å². The maximum absolute atomic E-state index is 10.7. The van der Waals surface area contributed by atoms with E-state index in [2.05, 4.69) is 10.3 Å². The monoisotopic (exact) mass is 280 g/mol. The minimum Gasteiger partial charge on any atom is -0.489 e. The Morgan fingerprint density at radius 3 is 3.00 bits per heavy atom. The second-order valence-corrected chi connectivity index (χ2v) is 5.78. The number of nitrogens with zero attached hydrogens (tertiary/aromatic N) is 1. The van der Waals surface area contributed by atoms with Crippen molar-refractivity contribution in [3.8, 4) is 5.75 Å². The van der Waals surface area contributed by atoms with E-state index in [9.17, 15) is 5.11 Å². The Hall–Kier alpha value is -1.17. The van der Waals surface area contributed by atoms with E-state index in [4.69, 9.17) is 9.47 Å². The summed E-state index contributed by atoms with van der Waals surface area (Å²) in [6, 6.07) is 2.02. The molecule has 2 heterocycles. The average molecular weight is 280 g/mol. The number of nitrogens with one attached hydrogen (secondary N) is 1. The van der Waals surface area contributed by atoms with Crippen LogP contribution in [0, 0.1) is 0 Å². The first-order chi connectivity index (χ1) is 9.47. The molecule has 2 unspecified atom stereocenters. The van der Waals surface area contributed by atoms with Crippen LogP contribution in [0.25, 0.3) is 0 Å². The van der Waals surface area contributed by atoms with Crippen LogP contribution >= 0.6 is 0 Å². The maximum atomic E-state index is 10.7. The lowest BCUT2D eigenvalue weighted by molar-refractivity contribution is 0.00282. The third-order valence-electron chi connectivity index (χ3n) is 3.35. The molecule has 2 N–H and O–H groups in total. The molecule has 0 spiro atoms. The van der Waals surface area contributed by atoms with Gasteiger partial charge < -0.3 is 19.9 Å². The van der Waals surface area contributed by atoms with Crippen LogP contribution in [0.15, 0.2) is 18.5 Å². The van der Waals surface area contributed by atoms with Crippen LogP contribution in [-0.2, 0) is 10.3 Å². The second kappa shape index (κ2) is 6.52. The molecule has 1 aromatic rings. The summed E-state index contributed by atoms with van der Waals surface area (Å²) in [5.41, 5.74) is -0.190. The number of aromatic nitrogens is 1. The fraction of sp³-hybridized carbons (Fsp3) is 0.667. The van der Waals surface area contributed by atoms with Crippen molar-refractivity contribution in [2.75, 3.05) is 19.8 Å². The second-order valence-electron chi connectivity index (χ2n) is 5.78. The van der Waals surface area contributed by atoms with Gasteiger partial charge in [-0.25, -0.2) is 0 Å². The van der Waals surface area contributed by atoms with E-state index < -0.39 is 5.60 Å². The summed E-state index contributed by atoms with van der Waals surface area (Å²) in [5, 5.41) is 14.1. The third kappa shape index (κ3) is 4.16. The first-order valence-electron chi connectivity index (χ1n) is 7.13. The van der Waals surface area contributed by atoms with E-state index in [-0.39, 0.29) is 12.1 Å². The van der Waals surface area contributed by atoms with E-state index >= 15 is 0 Å². The van der Waals surface area contributed by atoms with Gasteiger partial charge in [-0.1, -0.05) is 0 Å². The minimum absolute atomic E-state index is 0.0883. The van der Waals surface area contributed by atoms with Gasteiger partial charge >= 0.3 is 0 Å². The van der Waals surface area contributed by atoms with Gasteiger partial charge in [0.2, 0.25) is 0 Å². The minimum atomic E-state index is -0.957. The van der Waals surface area contributed by atoms with Gasteiger partial charge in [-0.2, -0.15) is 0 Å². The lowest BCUT2D eigenvalue weighted by Crippen LogP contribution is -2.45. The van der Waals surface area contributed by atoms with Crippen LogP contribution in [-0.4, -0.2) is 42.0 Å². The molecule has 5 nitrogen and oxygen atoms in total. The van der Waals surface area contributed by atoms with E-state index in [1.165, 1.54) is 0 Å². The van der Waals surface area contributed by atoms with E-state index in [1.54, 1.807) is 19.3 Å². The predicted molar refractivity (Wildman–Crippen MR) is 76.8 cm³/mol. The molecule has 0 aliphatic carbocycles. The van der Waals surface area contributed by atoms with Gasteiger partial charge in [0.1, 0.15) is 5.75 Å². The Morgan fingerprint density at radius 2 is 2.35 bits per heavy atom. The molecule has 2 atom stereocenters. The normalized spacial score (nSPS) is 22.6. The first kappa shape index (κ1) is 15.2. The molecule has 112 valence electrons. The zero-order valence-corrected chi connectivity index (χ0v) is 12.4. The summed E-state index contributed by atoms with van der Waals surface area (Å²) >= 11 is 0. The molecule has 0 saturated carbocycles. The van der Waals surface area contributed by atoms with Crippen molar-refractivity contribution >= 4 is 0 Å². The van der Waals surface area contributed by atoms with Gasteiger partial charge in [0.15, 0.2) is 0 Å². The van der Waals surface area contributed by atoms with Crippen molar-refractivity contribution in [1.29, 1.82) is 0 Å². The molecule has 1 aliphatic rings. The fourth-order valence-electron chi connectivity index (χ4n) is 2.40. The third-order valence-corrected chi connectivity index (χ3v) is 3.35. The molecule has 1 aliphatic heterocycles. The molecule has 1 aromatic heterocycles. The van der Waals surface area contributed by atoms with Gasteiger partial charge in [0, 0.05) is 24.3 Å². The lowest BCUT2D eigenvalue weighted by Gasteiger charge is -2.31. The van der Waals surface area contributed by atoms with E-state index in [0.29, 0.717) is 18.8 Å². The Bertz CT molecular complexity index is 429. The summed E-state index contributed by atoms with van der Waals surface area (Å²) in [4.78, 5) is 4.16. The van der Waals surface area contributed by atoms with Gasteiger partial charge in [-0.15, -0.1) is 0 Å². The molecule has 1 saturated heterocycles. The number of hydrogen-bond donors (Lipinski definition) is 2. The molecule has 20 heavy (non-hydrogen) atoms. The number of hydrogen-bond acceptors (Lipinski definition) is 5. The molecular weight excluding hydrogens is 256 g/mol. The molecule has 0 radical (unpaired) electrons. The standard InChI is InChI=1S/C15H24N2O3/c1-11(2)20-14-6-12(8-16-9-14)15(3,18)7-13-10-19-5-4-17-13/h6,8-9,11,13,17-18H,4-5,7,10H2,1-3H3. The average Bonchev–Trinajstić information content (AvgIpc) is 2.39. The highest BCUT2D eigenvalue weighted by Crippen LogP contribution is 2.28. The van der Waals surface area contributed by atoms with Crippen LogP contribution in [0.2, 0.25) is 0 Å². The van der Waals surface area contributed by atoms with Crippen LogP contribution in [0.3, 0.4) is 0 Å². The topological polar surface area (TPSA) is 63.6 Å². The van der Waals surface area contributed by atoms with Gasteiger partial charge in [-0.3, -0.25) is 4.98 Å². The summed E-state index contributed by atoms with van der Waals surface area (Å²) in [5.74, 6) is 0.686. The van der Waals surface area contributed by atoms with Crippen molar-refractivity contribution < 1.29 is 14.6 Å². The van der Waals surface area contributed by atoms with Gasteiger partial charge in [0.25, 0.3) is 0 Å². The number of aliphatic hydroxyl groups is 1. The Balaban J connectivity index is 2.07. The first-order valence-corrected chi connectivity index (χ1v) is 7.13. The largest absolute Gasteiger partial charge is 0.489 e. The van der Waals surface area contributed by atoms with Crippen LogP contribution in [0.1, 0.15) is 32.8 Å². The quantitative estimate of drug-likeness (QED) is 0.855. The van der Waals surface area contributed by atoms with Gasteiger partial charge in [-0.05, 0) is 33.3 Å². The molecule has 2 rings (SSSR count). The number of pyridine rings is 1. The number of morpholine rings is 1. The van der Waals surface area contributed by atoms with Crippen LogP contribution < -0.4 is 10.1 Å². The zero-order valence-electron chi connectivity index (χ0n) is 12.4. The van der Waals surface area contributed by atoms with Gasteiger partial charge in [0.05, 0.1) is 31.1 Å². The molecule has 1 fully saturated rings. The van der Waals surface area contributed by atoms with Crippen molar-refractivity contribution in [1.82, 2.24) is 10.3 Å². The highest BCUT2D eigenvalue weighted by molar-refractivity contribution is 5.28. The Morgan fingerprint density at radius 1 is 1.55 bits per heavy atom. The highest BCUT2D eigenvalue weighted by Gasteiger charge is 2.29. The molecule has 0 bridgehead atoms. The molecule has 0 aromatic carbocycles. The summed E-state index contributed by atoms with van der Waals surface area (Å²) < 4.78 is 11.1. The predicted octanol–water partition coefficient (Wildman–Crippen LogP) is 1.45. The van der Waals surface area contributed by atoms with Crippen LogP contribution in [0.5, 0.6) is 5.75 Å². The maximum Gasteiger partial charge on any atom is 0.138 e. The fourth-order valence-corrected chi connectivity index (χ4v) is 2.40. The Kier molecular flexibility index (Phi) is 4.96. The lowest BCUT2D eigenvalue weighted by atomic mass is 9.90. The molecule has 0 amide bonds.